The Kier molecular flexibility index (Phi) is 4.24. The molecule has 1 aromatic carbocycles. The first-order valence-corrected chi connectivity index (χ1v) is 6.63. The van der Waals surface area contributed by atoms with E-state index in [4.69, 9.17) is 4.74 Å². The Balaban J connectivity index is 1.90. The molecular formula is C13H18BrNO. The summed E-state index contributed by atoms with van der Waals surface area (Å²) in [5.41, 5.74) is 2.47. The van der Waals surface area contributed by atoms with Crippen LogP contribution in [0.3, 0.4) is 0 Å². The number of nitrogens with one attached hydrogen (secondary N) is 1. The van der Waals surface area contributed by atoms with E-state index in [0.717, 1.165) is 24.2 Å². The molecule has 2 nitrogen and oxygen atoms in total. The third-order valence-corrected chi connectivity index (χ3v) is 3.65. The van der Waals surface area contributed by atoms with Crippen LogP contribution in [0, 0.1) is 12.8 Å². The quantitative estimate of drug-likeness (QED) is 0.915. The van der Waals surface area contributed by atoms with E-state index in [2.05, 4.69) is 46.4 Å². The highest BCUT2D eigenvalue weighted by Crippen LogP contribution is 2.24. The summed E-state index contributed by atoms with van der Waals surface area (Å²) >= 11 is 3.56. The van der Waals surface area contributed by atoms with Gasteiger partial charge >= 0.3 is 0 Å². The third-order valence-electron chi connectivity index (χ3n) is 2.96. The second-order valence-corrected chi connectivity index (χ2v) is 5.30. The molecule has 0 amide bonds. The van der Waals surface area contributed by atoms with Crippen molar-refractivity contribution < 1.29 is 4.74 Å². The van der Waals surface area contributed by atoms with Gasteiger partial charge in [0.1, 0.15) is 0 Å². The molecule has 1 saturated heterocycles. The molecule has 1 aromatic rings. The molecule has 0 aliphatic carbocycles. The smallest absolute Gasteiger partial charge is 0.0511 e. The van der Waals surface area contributed by atoms with Crippen LogP contribution in [0.25, 0.3) is 0 Å². The van der Waals surface area contributed by atoms with Crippen LogP contribution in [0.5, 0.6) is 0 Å². The molecule has 1 unspecified atom stereocenters. The fraction of sp³-hybridized carbons (Fsp3) is 0.538. The topological polar surface area (TPSA) is 21.3 Å². The Hall–Kier alpha value is -0.540. The van der Waals surface area contributed by atoms with Gasteiger partial charge in [0.2, 0.25) is 0 Å². The van der Waals surface area contributed by atoms with E-state index >= 15 is 0 Å². The number of anilines is 1. The van der Waals surface area contributed by atoms with Crippen molar-refractivity contribution in [2.45, 2.75) is 19.8 Å². The molecule has 16 heavy (non-hydrogen) atoms. The molecule has 1 heterocycles. The van der Waals surface area contributed by atoms with Gasteiger partial charge in [0, 0.05) is 23.3 Å². The summed E-state index contributed by atoms with van der Waals surface area (Å²) in [5.74, 6) is 0.654. The van der Waals surface area contributed by atoms with E-state index in [0.29, 0.717) is 5.92 Å². The summed E-state index contributed by atoms with van der Waals surface area (Å²) in [5, 5.41) is 3.50. The summed E-state index contributed by atoms with van der Waals surface area (Å²) in [4.78, 5) is 0. The first kappa shape index (κ1) is 11.9. The van der Waals surface area contributed by atoms with Crippen LogP contribution in [0.4, 0.5) is 5.69 Å². The first-order valence-electron chi connectivity index (χ1n) is 5.83. The molecular weight excluding hydrogens is 266 g/mol. The van der Waals surface area contributed by atoms with Crippen LogP contribution >= 0.6 is 15.9 Å². The number of ether oxygens (including phenoxy) is 1. The molecule has 2 rings (SSSR count). The van der Waals surface area contributed by atoms with Gasteiger partial charge in [-0.3, -0.25) is 0 Å². The molecule has 0 aromatic heterocycles. The van der Waals surface area contributed by atoms with Gasteiger partial charge < -0.3 is 10.1 Å². The average molecular weight is 284 g/mol. The van der Waals surface area contributed by atoms with E-state index in [1.54, 1.807) is 0 Å². The van der Waals surface area contributed by atoms with E-state index in [-0.39, 0.29) is 0 Å². The lowest BCUT2D eigenvalue weighted by atomic mass is 10.0. The fourth-order valence-corrected chi connectivity index (χ4v) is 2.38. The highest BCUT2D eigenvalue weighted by molar-refractivity contribution is 9.10. The Bertz CT molecular complexity index is 348. The molecule has 1 atom stereocenters. The zero-order valence-corrected chi connectivity index (χ0v) is 11.2. The van der Waals surface area contributed by atoms with Crippen molar-refractivity contribution in [1.82, 2.24) is 0 Å². The summed E-state index contributed by atoms with van der Waals surface area (Å²) < 4.78 is 6.61. The minimum Gasteiger partial charge on any atom is -0.384 e. The number of aryl methyl sites for hydroxylation is 1. The van der Waals surface area contributed by atoms with Gasteiger partial charge in [-0.25, -0.2) is 0 Å². The average Bonchev–Trinajstić information content (AvgIpc) is 2.32. The van der Waals surface area contributed by atoms with Crippen LogP contribution < -0.4 is 5.32 Å². The molecule has 88 valence electrons. The predicted molar refractivity (Wildman–Crippen MR) is 70.9 cm³/mol. The zero-order chi connectivity index (χ0) is 11.4. The second-order valence-electron chi connectivity index (χ2n) is 4.45. The molecule has 1 aliphatic rings. The Labute approximate surface area is 106 Å². The van der Waals surface area contributed by atoms with Crippen LogP contribution in [-0.2, 0) is 4.74 Å². The third kappa shape index (κ3) is 3.22. The Morgan fingerprint density at radius 2 is 2.38 bits per heavy atom. The maximum absolute atomic E-state index is 5.47. The molecule has 1 fully saturated rings. The predicted octanol–water partition coefficient (Wildman–Crippen LogP) is 3.60. The Morgan fingerprint density at radius 3 is 3.12 bits per heavy atom. The lowest BCUT2D eigenvalue weighted by molar-refractivity contribution is 0.0595. The van der Waals surface area contributed by atoms with Crippen molar-refractivity contribution in [2.75, 3.05) is 25.1 Å². The molecule has 0 saturated carbocycles. The van der Waals surface area contributed by atoms with E-state index < -0.39 is 0 Å². The van der Waals surface area contributed by atoms with Crippen molar-refractivity contribution in [1.29, 1.82) is 0 Å². The molecule has 1 N–H and O–H groups in total. The normalized spacial score (nSPS) is 20.8. The van der Waals surface area contributed by atoms with Crippen LogP contribution in [0.15, 0.2) is 22.7 Å². The minimum atomic E-state index is 0.654. The molecule has 1 aliphatic heterocycles. The van der Waals surface area contributed by atoms with E-state index in [1.807, 2.05) is 0 Å². The van der Waals surface area contributed by atoms with E-state index in [1.165, 1.54) is 24.1 Å². The van der Waals surface area contributed by atoms with Crippen molar-refractivity contribution in [3.8, 4) is 0 Å². The van der Waals surface area contributed by atoms with Crippen LogP contribution in [-0.4, -0.2) is 19.8 Å². The molecule has 0 radical (unpaired) electrons. The first-order chi connectivity index (χ1) is 7.75. The number of halogens is 1. The highest BCUT2D eigenvalue weighted by atomic mass is 79.9. The fourth-order valence-electron chi connectivity index (χ4n) is 2.00. The van der Waals surface area contributed by atoms with Crippen LogP contribution in [0.1, 0.15) is 18.4 Å². The zero-order valence-electron chi connectivity index (χ0n) is 9.63. The SMILES string of the molecule is Cc1ccc(Br)c(NCC2CCCOC2)c1. The van der Waals surface area contributed by atoms with Crippen molar-refractivity contribution >= 4 is 21.6 Å². The van der Waals surface area contributed by atoms with Gasteiger partial charge in [-0.1, -0.05) is 6.07 Å². The molecule has 3 heteroatoms. The number of rotatable bonds is 3. The largest absolute Gasteiger partial charge is 0.384 e. The Morgan fingerprint density at radius 1 is 1.50 bits per heavy atom. The van der Waals surface area contributed by atoms with Crippen molar-refractivity contribution in [3.63, 3.8) is 0 Å². The van der Waals surface area contributed by atoms with Crippen molar-refractivity contribution in [3.05, 3.63) is 28.2 Å². The molecule has 0 spiro atoms. The van der Waals surface area contributed by atoms with E-state index in [9.17, 15) is 0 Å². The molecule has 0 bridgehead atoms. The minimum absolute atomic E-state index is 0.654. The van der Waals surface area contributed by atoms with Gasteiger partial charge in [0.25, 0.3) is 0 Å². The summed E-state index contributed by atoms with van der Waals surface area (Å²) in [6, 6.07) is 6.38. The maximum Gasteiger partial charge on any atom is 0.0511 e. The summed E-state index contributed by atoms with van der Waals surface area (Å²) in [6.07, 6.45) is 2.47. The number of benzene rings is 1. The van der Waals surface area contributed by atoms with Gasteiger partial charge in [-0.05, 0) is 59.3 Å². The standard InChI is InChI=1S/C13H18BrNO/c1-10-4-5-12(14)13(7-10)15-8-11-3-2-6-16-9-11/h4-5,7,11,15H,2-3,6,8-9H2,1H3. The highest BCUT2D eigenvalue weighted by Gasteiger charge is 2.13. The van der Waals surface area contributed by atoms with Crippen LogP contribution in [0.2, 0.25) is 0 Å². The number of hydrogen-bond donors (Lipinski definition) is 1. The summed E-state index contributed by atoms with van der Waals surface area (Å²) in [6.45, 7) is 4.95. The monoisotopic (exact) mass is 283 g/mol. The maximum atomic E-state index is 5.47. The lowest BCUT2D eigenvalue weighted by Crippen LogP contribution is -2.24. The lowest BCUT2D eigenvalue weighted by Gasteiger charge is -2.23. The summed E-state index contributed by atoms with van der Waals surface area (Å²) in [7, 11) is 0. The van der Waals surface area contributed by atoms with Gasteiger partial charge in [-0.2, -0.15) is 0 Å². The van der Waals surface area contributed by atoms with Crippen molar-refractivity contribution in [2.24, 2.45) is 5.92 Å². The second kappa shape index (κ2) is 5.69. The van der Waals surface area contributed by atoms with Gasteiger partial charge in [0.05, 0.1) is 6.61 Å². The van der Waals surface area contributed by atoms with Gasteiger partial charge in [0.15, 0.2) is 0 Å². The van der Waals surface area contributed by atoms with Gasteiger partial charge in [-0.15, -0.1) is 0 Å². The number of hydrogen-bond acceptors (Lipinski definition) is 2.